The highest BCUT2D eigenvalue weighted by Crippen LogP contribution is 2.49. The van der Waals surface area contributed by atoms with Crippen LogP contribution in [0.5, 0.6) is 5.75 Å². The van der Waals surface area contributed by atoms with E-state index in [4.69, 9.17) is 23.9 Å². The summed E-state index contributed by atoms with van der Waals surface area (Å²) in [6.45, 7) is 18.3. The molecule has 0 fully saturated rings. The van der Waals surface area contributed by atoms with Crippen LogP contribution < -0.4 is 15.6 Å². The van der Waals surface area contributed by atoms with E-state index in [-0.39, 0.29) is 35.5 Å². The van der Waals surface area contributed by atoms with Crippen LogP contribution in [0.1, 0.15) is 84.2 Å². The number of hydrogen-bond acceptors (Lipinski definition) is 10. The van der Waals surface area contributed by atoms with Crippen LogP contribution in [-0.4, -0.2) is 53.8 Å². The van der Waals surface area contributed by atoms with Gasteiger partial charge in [0.15, 0.2) is 0 Å². The molecule has 2 aromatic heterocycles. The number of pyridine rings is 2. The van der Waals surface area contributed by atoms with Gasteiger partial charge in [-0.25, -0.2) is 14.6 Å². The molecule has 0 radical (unpaired) electrons. The lowest BCUT2D eigenvalue weighted by molar-refractivity contribution is -0.190. The van der Waals surface area contributed by atoms with Gasteiger partial charge in [0.2, 0.25) is 5.60 Å². The Labute approximate surface area is 286 Å². The molecule has 5 rings (SSSR count). The Hall–Kier alpha value is -4.52. The van der Waals surface area contributed by atoms with Crippen molar-refractivity contribution in [2.45, 2.75) is 104 Å². The molecule has 4 heterocycles. The Morgan fingerprint density at radius 1 is 1.12 bits per heavy atom. The zero-order valence-electron chi connectivity index (χ0n) is 29.8. The summed E-state index contributed by atoms with van der Waals surface area (Å²) in [5.74, 6) is -1.46. The Bertz CT molecular complexity index is 1930. The quantitative estimate of drug-likeness (QED) is 0.102. The Kier molecular flexibility index (Phi) is 9.30. The number of hydrogen-bond donors (Lipinski definition) is 1. The summed E-state index contributed by atoms with van der Waals surface area (Å²) >= 11 is 0. The average Bonchev–Trinajstić information content (AvgIpc) is 3.36. The number of ether oxygens (including phenoxy) is 4. The van der Waals surface area contributed by atoms with E-state index in [9.17, 15) is 24.0 Å². The topological polar surface area (TPSA) is 152 Å². The predicted molar refractivity (Wildman–Crippen MR) is 185 cm³/mol. The number of cyclic esters (lactones) is 1. The van der Waals surface area contributed by atoms with Crippen molar-refractivity contribution in [1.29, 1.82) is 0 Å². The van der Waals surface area contributed by atoms with Crippen LogP contribution in [-0.2, 0) is 40.7 Å². The number of carbonyl (C=O) groups excluding carboxylic acids is 4. The fourth-order valence-corrected chi connectivity index (χ4v) is 10.4. The number of alkyl carbamates (subject to hydrolysis) is 1. The third-order valence-corrected chi connectivity index (χ3v) is 14.5. The molecular formula is C36H45N3O9Si. The monoisotopic (exact) mass is 691 g/mol. The fourth-order valence-electron chi connectivity index (χ4n) is 6.73. The maximum absolute atomic E-state index is 14.7. The van der Waals surface area contributed by atoms with Crippen LogP contribution in [0.25, 0.3) is 22.3 Å². The first-order valence-electron chi connectivity index (χ1n) is 16.6. The summed E-state index contributed by atoms with van der Waals surface area (Å²) in [4.78, 5) is 71.0. The number of amides is 1. The zero-order chi connectivity index (χ0) is 36.2. The fraction of sp³-hybridized carbons (Fsp3) is 0.500. The van der Waals surface area contributed by atoms with Crippen molar-refractivity contribution < 1.29 is 38.1 Å². The van der Waals surface area contributed by atoms with Gasteiger partial charge < -0.3 is 28.8 Å². The number of esters is 3. The SMILES string of the molecule is CCC1(OC(=O)CNC(=O)OC(C)(C)C)C(=O)OC([Si](C)(C)C(C)C(C)C)c2c1cc1n(c2=O)Cc2cc3cc(OC(C)=O)ccc3nc2-1. The molecule has 0 spiro atoms. The number of rotatable bonds is 8. The molecule has 1 N–H and O–H groups in total. The maximum Gasteiger partial charge on any atom is 0.408 e. The third-order valence-electron chi connectivity index (χ3n) is 9.70. The van der Waals surface area contributed by atoms with E-state index in [0.29, 0.717) is 28.2 Å². The van der Waals surface area contributed by atoms with E-state index in [2.05, 4.69) is 39.2 Å². The molecule has 49 heavy (non-hydrogen) atoms. The maximum atomic E-state index is 14.7. The number of aromatic nitrogens is 2. The van der Waals surface area contributed by atoms with Crippen molar-refractivity contribution in [3.63, 3.8) is 0 Å². The van der Waals surface area contributed by atoms with Gasteiger partial charge in [-0.1, -0.05) is 40.8 Å². The molecule has 0 saturated heterocycles. The number of benzene rings is 1. The van der Waals surface area contributed by atoms with Gasteiger partial charge in [-0.2, -0.15) is 0 Å². The molecule has 2 aliphatic rings. The molecule has 12 nitrogen and oxygen atoms in total. The third kappa shape index (κ3) is 6.60. The molecule has 262 valence electrons. The summed E-state index contributed by atoms with van der Waals surface area (Å²) in [5.41, 5.74) is -0.734. The molecule has 3 atom stereocenters. The van der Waals surface area contributed by atoms with Gasteiger partial charge in [0, 0.05) is 23.4 Å². The molecule has 1 amide bonds. The average molecular weight is 692 g/mol. The van der Waals surface area contributed by atoms with Crippen molar-refractivity contribution in [1.82, 2.24) is 14.9 Å². The van der Waals surface area contributed by atoms with E-state index in [1.165, 1.54) is 6.92 Å². The van der Waals surface area contributed by atoms with Crippen molar-refractivity contribution in [2.75, 3.05) is 6.54 Å². The number of fused-ring (bicyclic) bond motifs is 5. The van der Waals surface area contributed by atoms with Crippen LogP contribution in [0.4, 0.5) is 4.79 Å². The molecule has 13 heteroatoms. The van der Waals surface area contributed by atoms with Crippen LogP contribution in [0, 0.1) is 5.92 Å². The minimum absolute atomic E-state index is 0.0225. The highest BCUT2D eigenvalue weighted by molar-refractivity contribution is 6.80. The van der Waals surface area contributed by atoms with Crippen LogP contribution in [0.15, 0.2) is 35.1 Å². The van der Waals surface area contributed by atoms with Gasteiger partial charge in [0.1, 0.15) is 31.7 Å². The second-order valence-corrected chi connectivity index (χ2v) is 19.9. The molecule has 3 unspecified atom stereocenters. The van der Waals surface area contributed by atoms with E-state index in [0.717, 1.165) is 10.9 Å². The smallest absolute Gasteiger partial charge is 0.408 e. The van der Waals surface area contributed by atoms with Crippen molar-refractivity contribution >= 4 is 43.0 Å². The second-order valence-electron chi connectivity index (χ2n) is 14.8. The van der Waals surface area contributed by atoms with Gasteiger partial charge in [0.05, 0.1) is 29.0 Å². The van der Waals surface area contributed by atoms with Gasteiger partial charge in [-0.05, 0) is 69.0 Å². The Morgan fingerprint density at radius 2 is 1.82 bits per heavy atom. The van der Waals surface area contributed by atoms with Crippen LogP contribution >= 0.6 is 0 Å². The van der Waals surface area contributed by atoms with Gasteiger partial charge >= 0.3 is 24.0 Å². The highest BCUT2D eigenvalue weighted by Gasteiger charge is 2.57. The van der Waals surface area contributed by atoms with Gasteiger partial charge in [-0.15, -0.1) is 0 Å². The summed E-state index contributed by atoms with van der Waals surface area (Å²) in [6, 6.07) is 8.75. The normalized spacial score (nSPS) is 19.0. The summed E-state index contributed by atoms with van der Waals surface area (Å²) < 4.78 is 24.3. The molecule has 0 bridgehead atoms. The largest absolute Gasteiger partial charge is 0.458 e. The lowest BCUT2D eigenvalue weighted by Gasteiger charge is -2.45. The van der Waals surface area contributed by atoms with E-state index in [1.54, 1.807) is 56.5 Å². The molecule has 0 aliphatic carbocycles. The molecule has 1 aromatic carbocycles. The second kappa shape index (κ2) is 12.7. The molecule has 2 aliphatic heterocycles. The molecular weight excluding hydrogens is 646 g/mol. The zero-order valence-corrected chi connectivity index (χ0v) is 30.8. The molecule has 0 saturated carbocycles. The summed E-state index contributed by atoms with van der Waals surface area (Å²) in [5, 5.41) is 3.11. The standard InChI is InChI=1S/C36H45N3O9Si/c1-11-36(47-28(41)17-37-34(44)48-35(6,7)8)25-16-27-30-23(14-22-15-24(45-21(5)40)12-13-26(22)38-30)18-39(27)31(42)29(25)32(46-33(36)43)49(9,10)20(4)19(2)3/h12-16,19-20,32H,11,17-18H2,1-10H3,(H,37,44). The van der Waals surface area contributed by atoms with Crippen molar-refractivity contribution in [2.24, 2.45) is 5.92 Å². The van der Waals surface area contributed by atoms with Gasteiger partial charge in [0.25, 0.3) is 5.56 Å². The first kappa shape index (κ1) is 35.8. The first-order chi connectivity index (χ1) is 22.8. The number of nitrogens with one attached hydrogen (secondary N) is 1. The van der Waals surface area contributed by atoms with Crippen LogP contribution in [0.2, 0.25) is 18.6 Å². The highest BCUT2D eigenvalue weighted by atomic mass is 28.3. The van der Waals surface area contributed by atoms with Crippen LogP contribution in [0.3, 0.4) is 0 Å². The van der Waals surface area contributed by atoms with Gasteiger partial charge in [-0.3, -0.25) is 14.4 Å². The van der Waals surface area contributed by atoms with E-state index in [1.807, 2.05) is 6.07 Å². The lowest BCUT2D eigenvalue weighted by Crippen LogP contribution is -2.55. The Morgan fingerprint density at radius 3 is 2.43 bits per heavy atom. The summed E-state index contributed by atoms with van der Waals surface area (Å²) in [7, 11) is -2.56. The molecule has 3 aromatic rings. The van der Waals surface area contributed by atoms with Crippen molar-refractivity contribution in [3.8, 4) is 17.1 Å². The Balaban J connectivity index is 1.66. The minimum Gasteiger partial charge on any atom is -0.458 e. The minimum atomic E-state index is -2.56. The van der Waals surface area contributed by atoms with Crippen molar-refractivity contribution in [3.05, 3.63) is 57.4 Å². The summed E-state index contributed by atoms with van der Waals surface area (Å²) in [6.07, 6.45) is -0.839. The lowest BCUT2D eigenvalue weighted by atomic mass is 9.85. The van der Waals surface area contributed by atoms with E-state index < -0.39 is 55.5 Å². The first-order valence-corrected chi connectivity index (χ1v) is 19.7. The number of carbonyl (C=O) groups is 4. The van der Waals surface area contributed by atoms with E-state index >= 15 is 0 Å². The number of nitrogens with zero attached hydrogens (tertiary/aromatic N) is 2. The predicted octanol–water partition coefficient (Wildman–Crippen LogP) is 5.92.